The Kier molecular flexibility index (Phi) is 5.77. The molecule has 0 saturated carbocycles. The number of anilines is 2. The summed E-state index contributed by atoms with van der Waals surface area (Å²) >= 11 is 6.05. The summed E-state index contributed by atoms with van der Waals surface area (Å²) < 4.78 is 0. The first-order chi connectivity index (χ1) is 11.0. The molecule has 2 rings (SSSR count). The van der Waals surface area contributed by atoms with Crippen molar-refractivity contribution in [1.29, 1.82) is 0 Å². The fourth-order valence-electron chi connectivity index (χ4n) is 1.94. The van der Waals surface area contributed by atoms with Crippen LogP contribution in [-0.2, 0) is 16.0 Å². The summed E-state index contributed by atoms with van der Waals surface area (Å²) in [5, 5.41) is 6.19. The van der Waals surface area contributed by atoms with Crippen LogP contribution in [0.25, 0.3) is 0 Å². The minimum Gasteiger partial charge on any atom is -0.326 e. The van der Waals surface area contributed by atoms with E-state index in [2.05, 4.69) is 10.6 Å². The Morgan fingerprint density at radius 2 is 1.52 bits per heavy atom. The molecular weight excluding hydrogens is 312 g/mol. The van der Waals surface area contributed by atoms with Crippen molar-refractivity contribution in [3.05, 3.63) is 59.1 Å². The van der Waals surface area contributed by atoms with E-state index in [0.717, 1.165) is 5.56 Å². The van der Waals surface area contributed by atoms with E-state index in [9.17, 15) is 9.59 Å². The van der Waals surface area contributed by atoms with Crippen LogP contribution in [0.2, 0.25) is 5.02 Å². The molecule has 0 unspecified atom stereocenters. The van der Waals surface area contributed by atoms with Crippen LogP contribution in [0.5, 0.6) is 0 Å². The summed E-state index contributed by atoms with van der Waals surface area (Å²) in [5.41, 5.74) is 2.16. The van der Waals surface area contributed by atoms with Gasteiger partial charge in [-0.3, -0.25) is 9.59 Å². The molecule has 0 fully saturated rings. The van der Waals surface area contributed by atoms with Gasteiger partial charge in [-0.05, 0) is 35.9 Å². The van der Waals surface area contributed by atoms with Gasteiger partial charge in [0.1, 0.15) is 0 Å². The fourth-order valence-corrected chi connectivity index (χ4v) is 2.15. The van der Waals surface area contributed by atoms with Gasteiger partial charge in [-0.2, -0.15) is 0 Å². The minimum atomic E-state index is -0.142. The molecule has 5 heteroatoms. The van der Waals surface area contributed by atoms with Gasteiger partial charge in [0.2, 0.25) is 11.8 Å². The molecule has 23 heavy (non-hydrogen) atoms. The average Bonchev–Trinajstić information content (AvgIpc) is 2.51. The smallest absolute Gasteiger partial charge is 0.228 e. The van der Waals surface area contributed by atoms with Crippen molar-refractivity contribution in [1.82, 2.24) is 0 Å². The predicted molar refractivity (Wildman–Crippen MR) is 93.7 cm³/mol. The highest BCUT2D eigenvalue weighted by Gasteiger charge is 2.09. The zero-order valence-electron chi connectivity index (χ0n) is 13.1. The number of benzene rings is 2. The maximum atomic E-state index is 12.0. The lowest BCUT2D eigenvalue weighted by molar-refractivity contribution is -0.119. The Morgan fingerprint density at radius 1 is 0.957 bits per heavy atom. The highest BCUT2D eigenvalue weighted by Crippen LogP contribution is 2.17. The molecule has 2 aromatic carbocycles. The van der Waals surface area contributed by atoms with E-state index in [1.54, 1.807) is 30.3 Å². The van der Waals surface area contributed by atoms with Crippen molar-refractivity contribution in [3.8, 4) is 0 Å². The fraction of sp³-hybridized carbons (Fsp3) is 0.222. The van der Waals surface area contributed by atoms with Gasteiger partial charge in [0.15, 0.2) is 0 Å². The van der Waals surface area contributed by atoms with Gasteiger partial charge in [-0.1, -0.05) is 43.6 Å². The number of nitrogens with one attached hydrogen (secondary N) is 2. The molecule has 0 aromatic heterocycles. The summed E-state index contributed by atoms with van der Waals surface area (Å²) in [6.07, 6.45) is 0.214. The van der Waals surface area contributed by atoms with Crippen LogP contribution < -0.4 is 10.6 Å². The monoisotopic (exact) mass is 330 g/mol. The van der Waals surface area contributed by atoms with Crippen molar-refractivity contribution in [2.75, 3.05) is 10.6 Å². The number of halogens is 1. The molecular formula is C18H19ClN2O2. The van der Waals surface area contributed by atoms with Gasteiger partial charge in [-0.25, -0.2) is 0 Å². The van der Waals surface area contributed by atoms with E-state index in [0.29, 0.717) is 16.4 Å². The third kappa shape index (κ3) is 5.11. The maximum absolute atomic E-state index is 12.0. The average molecular weight is 331 g/mol. The van der Waals surface area contributed by atoms with E-state index < -0.39 is 0 Å². The van der Waals surface area contributed by atoms with E-state index in [-0.39, 0.29) is 24.2 Å². The van der Waals surface area contributed by atoms with Crippen molar-refractivity contribution in [3.63, 3.8) is 0 Å². The summed E-state index contributed by atoms with van der Waals surface area (Å²) in [6, 6.07) is 14.3. The maximum Gasteiger partial charge on any atom is 0.228 e. The Labute approximate surface area is 140 Å². The third-order valence-corrected chi connectivity index (χ3v) is 3.64. The molecule has 0 heterocycles. The molecule has 0 aliphatic rings. The molecule has 2 amide bonds. The molecule has 0 bridgehead atoms. The molecule has 2 aromatic rings. The molecule has 0 spiro atoms. The van der Waals surface area contributed by atoms with E-state index in [1.165, 1.54) is 0 Å². The lowest BCUT2D eigenvalue weighted by Gasteiger charge is -2.10. The Balaban J connectivity index is 1.94. The standard InChI is InChI=1S/C18H19ClN2O2/c1-12(2)18(23)21-15-9-7-14(8-10-15)20-17(22)11-13-5-3-4-6-16(13)19/h3-10,12H,11H2,1-2H3,(H,20,22)(H,21,23). The van der Waals surface area contributed by atoms with Crippen LogP contribution in [0.4, 0.5) is 11.4 Å². The number of hydrogen-bond acceptors (Lipinski definition) is 2. The van der Waals surface area contributed by atoms with Crippen LogP contribution in [0, 0.1) is 5.92 Å². The second kappa shape index (κ2) is 7.79. The highest BCUT2D eigenvalue weighted by atomic mass is 35.5. The zero-order chi connectivity index (χ0) is 16.8. The van der Waals surface area contributed by atoms with Crippen LogP contribution >= 0.6 is 11.6 Å². The SMILES string of the molecule is CC(C)C(=O)Nc1ccc(NC(=O)Cc2ccccc2Cl)cc1. The second-order valence-electron chi connectivity index (χ2n) is 5.54. The quantitative estimate of drug-likeness (QED) is 0.866. The molecule has 0 saturated heterocycles. The first kappa shape index (κ1) is 17.0. The summed E-state index contributed by atoms with van der Waals surface area (Å²) in [5.74, 6) is -0.262. The molecule has 4 nitrogen and oxygen atoms in total. The van der Waals surface area contributed by atoms with Crippen LogP contribution in [0.3, 0.4) is 0 Å². The van der Waals surface area contributed by atoms with Gasteiger partial charge in [0, 0.05) is 22.3 Å². The highest BCUT2D eigenvalue weighted by molar-refractivity contribution is 6.31. The first-order valence-corrected chi connectivity index (χ1v) is 7.77. The lowest BCUT2D eigenvalue weighted by Crippen LogP contribution is -2.18. The second-order valence-corrected chi connectivity index (χ2v) is 5.94. The van der Waals surface area contributed by atoms with Gasteiger partial charge < -0.3 is 10.6 Å². The molecule has 2 N–H and O–H groups in total. The molecule has 0 aliphatic carbocycles. The summed E-state index contributed by atoms with van der Waals surface area (Å²) in [7, 11) is 0. The van der Waals surface area contributed by atoms with Gasteiger partial charge in [0.25, 0.3) is 0 Å². The van der Waals surface area contributed by atoms with Crippen molar-refractivity contribution in [2.24, 2.45) is 5.92 Å². The molecule has 0 aliphatic heterocycles. The van der Waals surface area contributed by atoms with Crippen LogP contribution in [-0.4, -0.2) is 11.8 Å². The number of rotatable bonds is 5. The molecule has 0 radical (unpaired) electrons. The summed E-state index contributed by atoms with van der Waals surface area (Å²) in [6.45, 7) is 3.66. The Bertz CT molecular complexity index is 696. The number of carbonyl (C=O) groups excluding carboxylic acids is 2. The van der Waals surface area contributed by atoms with Crippen molar-refractivity contribution in [2.45, 2.75) is 20.3 Å². The van der Waals surface area contributed by atoms with Crippen LogP contribution in [0.1, 0.15) is 19.4 Å². The topological polar surface area (TPSA) is 58.2 Å². The number of carbonyl (C=O) groups is 2. The lowest BCUT2D eigenvalue weighted by atomic mass is 10.1. The van der Waals surface area contributed by atoms with Crippen molar-refractivity contribution >= 4 is 34.8 Å². The number of hydrogen-bond donors (Lipinski definition) is 2. The van der Waals surface area contributed by atoms with E-state index in [1.807, 2.05) is 32.0 Å². The minimum absolute atomic E-state index is 0.0412. The molecule has 0 atom stereocenters. The van der Waals surface area contributed by atoms with E-state index in [4.69, 9.17) is 11.6 Å². The molecule has 120 valence electrons. The van der Waals surface area contributed by atoms with Gasteiger partial charge in [-0.15, -0.1) is 0 Å². The van der Waals surface area contributed by atoms with E-state index >= 15 is 0 Å². The normalized spacial score (nSPS) is 10.4. The predicted octanol–water partition coefficient (Wildman–Crippen LogP) is 4.12. The summed E-state index contributed by atoms with van der Waals surface area (Å²) in [4.78, 5) is 23.7. The van der Waals surface area contributed by atoms with Gasteiger partial charge in [0.05, 0.1) is 6.42 Å². The van der Waals surface area contributed by atoms with Crippen molar-refractivity contribution < 1.29 is 9.59 Å². The third-order valence-electron chi connectivity index (χ3n) is 3.27. The Morgan fingerprint density at radius 3 is 2.09 bits per heavy atom. The zero-order valence-corrected chi connectivity index (χ0v) is 13.9. The Hall–Kier alpha value is -2.33. The van der Waals surface area contributed by atoms with Crippen LogP contribution in [0.15, 0.2) is 48.5 Å². The largest absolute Gasteiger partial charge is 0.326 e. The number of amides is 2. The first-order valence-electron chi connectivity index (χ1n) is 7.40. The van der Waals surface area contributed by atoms with Gasteiger partial charge >= 0.3 is 0 Å².